The highest BCUT2D eigenvalue weighted by molar-refractivity contribution is 7.89. The number of benzene rings is 2. The Balaban J connectivity index is 1.45. The summed E-state index contributed by atoms with van der Waals surface area (Å²) in [6, 6.07) is 12.7. The Morgan fingerprint density at radius 3 is 2.29 bits per heavy atom. The van der Waals surface area contributed by atoms with Crippen molar-refractivity contribution in [2.45, 2.75) is 24.9 Å². The van der Waals surface area contributed by atoms with Gasteiger partial charge in [-0.15, -0.1) is 0 Å². The van der Waals surface area contributed by atoms with E-state index in [-0.39, 0.29) is 48.2 Å². The third kappa shape index (κ3) is 4.74. The number of piperazine rings is 1. The van der Waals surface area contributed by atoms with E-state index in [4.69, 9.17) is 4.42 Å². The summed E-state index contributed by atoms with van der Waals surface area (Å²) in [6.45, 7) is 4.23. The van der Waals surface area contributed by atoms with Gasteiger partial charge < -0.3 is 9.32 Å². The van der Waals surface area contributed by atoms with Crippen LogP contribution in [0.4, 0.5) is 13.2 Å². The van der Waals surface area contributed by atoms with E-state index in [0.717, 1.165) is 17.7 Å². The molecule has 4 rings (SSSR count). The van der Waals surface area contributed by atoms with Crippen molar-refractivity contribution in [1.29, 1.82) is 0 Å². The highest BCUT2D eigenvalue weighted by atomic mass is 32.2. The maximum absolute atomic E-state index is 13.0. The van der Waals surface area contributed by atoms with Gasteiger partial charge in [-0.1, -0.05) is 29.8 Å². The van der Waals surface area contributed by atoms with Crippen LogP contribution in [0.3, 0.4) is 0 Å². The van der Waals surface area contributed by atoms with Crippen LogP contribution < -0.4 is 0 Å². The number of aryl methyl sites for hydroxylation is 2. The lowest BCUT2D eigenvalue weighted by Crippen LogP contribution is -2.50. The maximum Gasteiger partial charge on any atom is 0.416 e. The molecule has 0 unspecified atom stereocenters. The van der Waals surface area contributed by atoms with E-state index in [1.807, 2.05) is 13.0 Å². The second-order valence-corrected chi connectivity index (χ2v) is 10.1. The van der Waals surface area contributed by atoms with E-state index in [1.165, 1.54) is 33.5 Å². The Kier molecular flexibility index (Phi) is 6.30. The molecule has 180 valence electrons. The molecule has 1 aliphatic heterocycles. The maximum atomic E-state index is 13.0. The van der Waals surface area contributed by atoms with Gasteiger partial charge in [-0.3, -0.25) is 4.79 Å². The number of carbonyl (C=O) groups is 1. The molecule has 0 spiro atoms. The van der Waals surface area contributed by atoms with Crippen molar-refractivity contribution >= 4 is 15.9 Å². The lowest BCUT2D eigenvalue weighted by atomic mass is 10.1. The van der Waals surface area contributed by atoms with E-state index < -0.39 is 27.7 Å². The minimum Gasteiger partial charge on any atom is -0.451 e. The van der Waals surface area contributed by atoms with Gasteiger partial charge in [-0.05, 0) is 49.7 Å². The van der Waals surface area contributed by atoms with E-state index in [9.17, 15) is 26.4 Å². The molecule has 1 amide bonds. The first-order valence-corrected chi connectivity index (χ1v) is 12.0. The highest BCUT2D eigenvalue weighted by Gasteiger charge is 2.33. The summed E-state index contributed by atoms with van der Waals surface area (Å²) in [5.41, 5.74) is 1.03. The minimum absolute atomic E-state index is 0.0157. The summed E-state index contributed by atoms with van der Waals surface area (Å²) >= 11 is 0. The fourth-order valence-electron chi connectivity index (χ4n) is 3.97. The first kappa shape index (κ1) is 24.0. The topological polar surface area (TPSA) is 70.8 Å². The van der Waals surface area contributed by atoms with E-state index in [0.29, 0.717) is 5.56 Å². The number of rotatable bonds is 4. The van der Waals surface area contributed by atoms with Gasteiger partial charge in [0.25, 0.3) is 5.91 Å². The number of sulfonamides is 1. The van der Waals surface area contributed by atoms with Crippen molar-refractivity contribution in [2.75, 3.05) is 26.2 Å². The molecule has 0 saturated carbocycles. The van der Waals surface area contributed by atoms with Crippen LogP contribution in [-0.2, 0) is 16.2 Å². The molecule has 1 saturated heterocycles. The Morgan fingerprint density at radius 2 is 1.65 bits per heavy atom. The van der Waals surface area contributed by atoms with Gasteiger partial charge in [0.15, 0.2) is 5.76 Å². The van der Waals surface area contributed by atoms with E-state index in [2.05, 4.69) is 0 Å². The van der Waals surface area contributed by atoms with Crippen LogP contribution in [0, 0.1) is 13.8 Å². The monoisotopic (exact) mass is 492 g/mol. The normalized spacial score (nSPS) is 15.5. The standard InChI is InChI=1S/C24H23F3N2O4S/c1-16-6-9-22(17(2)14-16)34(31,32)29-12-10-28(11-13-29)23(30)21-8-7-20(33-21)18-4-3-5-19(15-18)24(25,26)27/h3-9,14-15H,10-13H2,1-2H3. The third-order valence-corrected chi connectivity index (χ3v) is 7.82. The minimum atomic E-state index is -4.49. The number of alkyl halides is 3. The van der Waals surface area contributed by atoms with Crippen molar-refractivity contribution in [3.63, 3.8) is 0 Å². The smallest absolute Gasteiger partial charge is 0.416 e. The Bertz CT molecular complexity index is 1320. The summed E-state index contributed by atoms with van der Waals surface area (Å²) in [6.07, 6.45) is -4.49. The van der Waals surface area contributed by atoms with Crippen molar-refractivity contribution in [1.82, 2.24) is 9.21 Å². The van der Waals surface area contributed by atoms with E-state index >= 15 is 0 Å². The Morgan fingerprint density at radius 1 is 0.941 bits per heavy atom. The number of carbonyl (C=O) groups excluding carboxylic acids is 1. The van der Waals surface area contributed by atoms with Gasteiger partial charge in [-0.2, -0.15) is 17.5 Å². The Labute approximate surface area is 195 Å². The van der Waals surface area contributed by atoms with Crippen LogP contribution in [0.25, 0.3) is 11.3 Å². The van der Waals surface area contributed by atoms with Gasteiger partial charge in [0, 0.05) is 31.7 Å². The zero-order valence-electron chi connectivity index (χ0n) is 18.6. The summed E-state index contributed by atoms with van der Waals surface area (Å²) < 4.78 is 72.0. The van der Waals surface area contributed by atoms with E-state index in [1.54, 1.807) is 19.1 Å². The van der Waals surface area contributed by atoms with Gasteiger partial charge in [0.1, 0.15) is 5.76 Å². The molecule has 1 aromatic heterocycles. The van der Waals surface area contributed by atoms with Crippen LogP contribution in [0.15, 0.2) is 63.9 Å². The molecule has 2 heterocycles. The summed E-state index contributed by atoms with van der Waals surface area (Å²) in [5.74, 6) is -0.314. The van der Waals surface area contributed by atoms with Crippen molar-refractivity contribution < 1.29 is 30.8 Å². The highest BCUT2D eigenvalue weighted by Crippen LogP contribution is 2.33. The van der Waals surface area contributed by atoms with Gasteiger partial charge in [0.2, 0.25) is 10.0 Å². The molecule has 0 N–H and O–H groups in total. The Hall–Kier alpha value is -3.11. The molecule has 3 aromatic rings. The zero-order valence-corrected chi connectivity index (χ0v) is 19.4. The molecule has 0 atom stereocenters. The number of nitrogens with zero attached hydrogens (tertiary/aromatic N) is 2. The van der Waals surface area contributed by atoms with Crippen LogP contribution in [-0.4, -0.2) is 49.7 Å². The molecule has 6 nitrogen and oxygen atoms in total. The molecule has 10 heteroatoms. The molecule has 1 fully saturated rings. The largest absolute Gasteiger partial charge is 0.451 e. The number of furan rings is 1. The summed E-state index contributed by atoms with van der Waals surface area (Å²) in [5, 5.41) is 0. The summed E-state index contributed by atoms with van der Waals surface area (Å²) in [7, 11) is -3.69. The number of hydrogen-bond donors (Lipinski definition) is 0. The number of hydrogen-bond acceptors (Lipinski definition) is 4. The predicted molar refractivity (Wildman–Crippen MR) is 120 cm³/mol. The molecule has 0 bridgehead atoms. The molecule has 2 aromatic carbocycles. The number of halogens is 3. The lowest BCUT2D eigenvalue weighted by Gasteiger charge is -2.33. The number of amides is 1. The van der Waals surface area contributed by atoms with Crippen molar-refractivity contribution in [3.05, 3.63) is 77.0 Å². The summed E-state index contributed by atoms with van der Waals surface area (Å²) in [4.78, 5) is 14.6. The average molecular weight is 493 g/mol. The third-order valence-electron chi connectivity index (χ3n) is 5.77. The van der Waals surface area contributed by atoms with Gasteiger partial charge in [0.05, 0.1) is 10.5 Å². The molecular formula is C24H23F3N2O4S. The molecule has 0 radical (unpaired) electrons. The van der Waals surface area contributed by atoms with Crippen LogP contribution in [0.5, 0.6) is 0 Å². The molecule has 1 aliphatic rings. The predicted octanol–water partition coefficient (Wildman–Crippen LogP) is 4.73. The van der Waals surface area contributed by atoms with Crippen LogP contribution >= 0.6 is 0 Å². The zero-order chi connectivity index (χ0) is 24.7. The molecule has 34 heavy (non-hydrogen) atoms. The first-order valence-electron chi connectivity index (χ1n) is 10.6. The first-order chi connectivity index (χ1) is 16.0. The SMILES string of the molecule is Cc1ccc(S(=O)(=O)N2CCN(C(=O)c3ccc(-c4cccc(C(F)(F)F)c4)o3)CC2)c(C)c1. The van der Waals surface area contributed by atoms with Crippen LogP contribution in [0.1, 0.15) is 27.2 Å². The van der Waals surface area contributed by atoms with Crippen molar-refractivity contribution in [2.24, 2.45) is 0 Å². The average Bonchev–Trinajstić information content (AvgIpc) is 3.28. The fraction of sp³-hybridized carbons (Fsp3) is 0.292. The lowest BCUT2D eigenvalue weighted by molar-refractivity contribution is -0.137. The van der Waals surface area contributed by atoms with Crippen molar-refractivity contribution in [3.8, 4) is 11.3 Å². The quantitative estimate of drug-likeness (QED) is 0.528. The molecule has 0 aliphatic carbocycles. The van der Waals surface area contributed by atoms with Gasteiger partial charge >= 0.3 is 6.18 Å². The second-order valence-electron chi connectivity index (χ2n) is 8.21. The van der Waals surface area contributed by atoms with Gasteiger partial charge in [-0.25, -0.2) is 8.42 Å². The van der Waals surface area contributed by atoms with Crippen LogP contribution in [0.2, 0.25) is 0 Å². The molecular weight excluding hydrogens is 469 g/mol. The second kappa shape index (κ2) is 8.92. The fourth-order valence-corrected chi connectivity index (χ4v) is 5.60.